The number of aliphatic carboxylic acids is 1. The zero-order valence-electron chi connectivity index (χ0n) is 10.7. The molecular weight excluding hydrogens is 224 g/mol. The highest BCUT2D eigenvalue weighted by molar-refractivity contribution is 6.03. The van der Waals surface area contributed by atoms with Crippen LogP contribution in [0.15, 0.2) is 0 Å². The maximum Gasteiger partial charge on any atom is 0.338 e. The molecule has 0 spiro atoms. The highest BCUT2D eigenvalue weighted by Crippen LogP contribution is 2.18. The normalized spacial score (nSPS) is 15.1. The Kier molecular flexibility index (Phi) is 5.57. The monoisotopic (exact) mass is 246 g/mol. The quantitative estimate of drug-likeness (QED) is 0.351. The standard InChI is InChI=1S/C11H22N2O4/c1-10(2,3)17-9(16)11(13,8(14)15)6-4-5-7-12/h4-7,12-13H2,1-3H3,(H,14,15)/t11-/m1/s1. The van der Waals surface area contributed by atoms with Crippen LogP contribution >= 0.6 is 0 Å². The first-order chi connectivity index (χ1) is 7.63. The number of ether oxygens (including phenoxy) is 1. The number of carboxylic acids is 1. The molecule has 0 aliphatic heterocycles. The molecule has 0 amide bonds. The maximum atomic E-state index is 11.8. The Morgan fingerprint density at radius 1 is 1.24 bits per heavy atom. The number of carbonyl (C=O) groups is 2. The van der Waals surface area contributed by atoms with Gasteiger partial charge in [-0.2, -0.15) is 0 Å². The molecule has 17 heavy (non-hydrogen) atoms. The Bertz CT molecular complexity index is 286. The van der Waals surface area contributed by atoms with Crippen LogP contribution in [-0.2, 0) is 14.3 Å². The van der Waals surface area contributed by atoms with E-state index in [9.17, 15) is 9.59 Å². The van der Waals surface area contributed by atoms with Gasteiger partial charge in [0.05, 0.1) is 0 Å². The summed E-state index contributed by atoms with van der Waals surface area (Å²) in [5, 5.41) is 9.04. The fraction of sp³-hybridized carbons (Fsp3) is 0.818. The number of hydrogen-bond donors (Lipinski definition) is 3. The molecule has 1 atom stereocenters. The lowest BCUT2D eigenvalue weighted by molar-refractivity contribution is -0.169. The van der Waals surface area contributed by atoms with Crippen LogP contribution in [0.2, 0.25) is 0 Å². The molecule has 6 heteroatoms. The molecule has 0 aliphatic carbocycles. The van der Waals surface area contributed by atoms with Crippen LogP contribution in [0.5, 0.6) is 0 Å². The molecule has 0 aromatic heterocycles. The summed E-state index contributed by atoms with van der Waals surface area (Å²) in [5.41, 5.74) is 8.18. The van der Waals surface area contributed by atoms with Crippen LogP contribution in [0.25, 0.3) is 0 Å². The minimum absolute atomic E-state index is 0.0223. The van der Waals surface area contributed by atoms with Crippen molar-refractivity contribution in [3.63, 3.8) is 0 Å². The van der Waals surface area contributed by atoms with Crippen molar-refractivity contribution in [1.29, 1.82) is 0 Å². The van der Waals surface area contributed by atoms with Gasteiger partial charge in [-0.1, -0.05) is 0 Å². The van der Waals surface area contributed by atoms with Gasteiger partial charge in [-0.15, -0.1) is 0 Å². The van der Waals surface area contributed by atoms with Crippen LogP contribution < -0.4 is 11.5 Å². The Hall–Kier alpha value is -1.14. The number of hydrogen-bond acceptors (Lipinski definition) is 5. The number of rotatable bonds is 6. The number of carbonyl (C=O) groups excluding carboxylic acids is 1. The Morgan fingerprint density at radius 3 is 2.12 bits per heavy atom. The third-order valence-corrected chi connectivity index (χ3v) is 2.17. The minimum Gasteiger partial charge on any atom is -0.479 e. The van der Waals surface area contributed by atoms with Crippen molar-refractivity contribution in [3.05, 3.63) is 0 Å². The number of nitrogens with two attached hydrogens (primary N) is 2. The summed E-state index contributed by atoms with van der Waals surface area (Å²) in [7, 11) is 0. The van der Waals surface area contributed by atoms with Crippen molar-refractivity contribution in [1.82, 2.24) is 0 Å². The van der Waals surface area contributed by atoms with E-state index in [-0.39, 0.29) is 6.42 Å². The predicted molar refractivity (Wildman–Crippen MR) is 63.3 cm³/mol. The van der Waals surface area contributed by atoms with E-state index < -0.39 is 23.1 Å². The van der Waals surface area contributed by atoms with Gasteiger partial charge in [0.15, 0.2) is 0 Å². The van der Waals surface area contributed by atoms with Crippen molar-refractivity contribution >= 4 is 11.9 Å². The summed E-state index contributed by atoms with van der Waals surface area (Å²) in [5.74, 6) is -2.28. The van der Waals surface area contributed by atoms with Gasteiger partial charge in [-0.05, 0) is 46.6 Å². The minimum atomic E-state index is -1.98. The lowest BCUT2D eigenvalue weighted by Gasteiger charge is -2.28. The van der Waals surface area contributed by atoms with Crippen LogP contribution in [0, 0.1) is 0 Å². The van der Waals surface area contributed by atoms with Gasteiger partial charge in [-0.25, -0.2) is 9.59 Å². The molecule has 0 aromatic carbocycles. The highest BCUT2D eigenvalue weighted by Gasteiger charge is 2.44. The summed E-state index contributed by atoms with van der Waals surface area (Å²) >= 11 is 0. The summed E-state index contributed by atoms with van der Waals surface area (Å²) in [6, 6.07) is 0. The number of carboxylic acid groups (broad SMARTS) is 1. The van der Waals surface area contributed by atoms with Gasteiger partial charge in [0, 0.05) is 0 Å². The molecule has 0 fully saturated rings. The van der Waals surface area contributed by atoms with Crippen molar-refractivity contribution < 1.29 is 19.4 Å². The third kappa shape index (κ3) is 5.14. The van der Waals surface area contributed by atoms with Crippen molar-refractivity contribution in [2.45, 2.75) is 51.2 Å². The third-order valence-electron chi connectivity index (χ3n) is 2.17. The van der Waals surface area contributed by atoms with Gasteiger partial charge >= 0.3 is 11.9 Å². The maximum absolute atomic E-state index is 11.8. The Morgan fingerprint density at radius 2 is 1.76 bits per heavy atom. The summed E-state index contributed by atoms with van der Waals surface area (Å²) in [6.07, 6.45) is 1.11. The zero-order valence-corrected chi connectivity index (χ0v) is 10.7. The summed E-state index contributed by atoms with van der Waals surface area (Å²) in [6.45, 7) is 5.41. The first-order valence-electron chi connectivity index (χ1n) is 5.59. The lowest BCUT2D eigenvalue weighted by atomic mass is 9.93. The van der Waals surface area contributed by atoms with Crippen molar-refractivity contribution in [2.75, 3.05) is 6.54 Å². The van der Waals surface area contributed by atoms with E-state index in [1.807, 2.05) is 0 Å². The molecule has 6 nitrogen and oxygen atoms in total. The van der Waals surface area contributed by atoms with Crippen LogP contribution in [-0.4, -0.2) is 34.7 Å². The van der Waals surface area contributed by atoms with Crippen molar-refractivity contribution in [3.8, 4) is 0 Å². The molecule has 5 N–H and O–H groups in total. The lowest BCUT2D eigenvalue weighted by Crippen LogP contribution is -2.57. The molecule has 0 aromatic rings. The van der Waals surface area contributed by atoms with Crippen LogP contribution in [0.4, 0.5) is 0 Å². The molecule has 0 bridgehead atoms. The predicted octanol–water partition coefficient (Wildman–Crippen LogP) is 0.239. The molecule has 0 saturated carbocycles. The second-order valence-corrected chi connectivity index (χ2v) is 5.02. The molecule has 0 heterocycles. The van der Waals surface area contributed by atoms with Gasteiger partial charge < -0.3 is 21.3 Å². The van der Waals surface area contributed by atoms with E-state index in [2.05, 4.69) is 0 Å². The first-order valence-corrected chi connectivity index (χ1v) is 5.59. The fourth-order valence-electron chi connectivity index (χ4n) is 1.21. The molecule has 0 radical (unpaired) electrons. The van der Waals surface area contributed by atoms with E-state index in [4.69, 9.17) is 21.3 Å². The van der Waals surface area contributed by atoms with E-state index in [0.717, 1.165) is 0 Å². The van der Waals surface area contributed by atoms with E-state index in [0.29, 0.717) is 19.4 Å². The Balaban J connectivity index is 4.70. The SMILES string of the molecule is CC(C)(C)OC(=O)[C@@](N)(CCCCN)C(=O)O. The average molecular weight is 246 g/mol. The van der Waals surface area contributed by atoms with Crippen LogP contribution in [0.3, 0.4) is 0 Å². The highest BCUT2D eigenvalue weighted by atomic mass is 16.6. The molecule has 0 rings (SSSR count). The Labute approximate surface area is 101 Å². The van der Waals surface area contributed by atoms with Crippen molar-refractivity contribution in [2.24, 2.45) is 11.5 Å². The molecule has 0 unspecified atom stereocenters. The topological polar surface area (TPSA) is 116 Å². The van der Waals surface area contributed by atoms with E-state index in [1.165, 1.54) is 0 Å². The second-order valence-electron chi connectivity index (χ2n) is 5.02. The zero-order chi connectivity index (χ0) is 13.7. The van der Waals surface area contributed by atoms with Gasteiger partial charge in [0.25, 0.3) is 0 Å². The second kappa shape index (κ2) is 5.97. The summed E-state index contributed by atoms with van der Waals surface area (Å²) in [4.78, 5) is 22.8. The molecule has 0 saturated heterocycles. The van der Waals surface area contributed by atoms with Gasteiger partial charge in [0.2, 0.25) is 5.54 Å². The van der Waals surface area contributed by atoms with Gasteiger partial charge in [0.1, 0.15) is 5.60 Å². The first kappa shape index (κ1) is 15.9. The molecule has 0 aliphatic rings. The fourth-order valence-corrected chi connectivity index (χ4v) is 1.21. The smallest absolute Gasteiger partial charge is 0.338 e. The van der Waals surface area contributed by atoms with Crippen LogP contribution in [0.1, 0.15) is 40.0 Å². The largest absolute Gasteiger partial charge is 0.479 e. The molecular formula is C11H22N2O4. The molecule has 100 valence electrons. The van der Waals surface area contributed by atoms with Gasteiger partial charge in [-0.3, -0.25) is 0 Å². The van der Waals surface area contributed by atoms with E-state index in [1.54, 1.807) is 20.8 Å². The number of esters is 1. The average Bonchev–Trinajstić information content (AvgIpc) is 2.14. The van der Waals surface area contributed by atoms with E-state index >= 15 is 0 Å². The summed E-state index contributed by atoms with van der Waals surface area (Å²) < 4.78 is 5.02. The number of unbranched alkanes of at least 4 members (excludes halogenated alkanes) is 1.